The van der Waals surface area contributed by atoms with Crippen molar-refractivity contribution in [2.24, 2.45) is 0 Å². The van der Waals surface area contributed by atoms with Crippen molar-refractivity contribution in [3.8, 4) is 0 Å². The van der Waals surface area contributed by atoms with Crippen molar-refractivity contribution in [1.82, 2.24) is 29.8 Å². The number of carbonyl (C=O) groups excluding carboxylic acids is 1. The molecule has 1 unspecified atom stereocenters. The lowest BCUT2D eigenvalue weighted by Gasteiger charge is -2.32. The van der Waals surface area contributed by atoms with Crippen LogP contribution in [0.25, 0.3) is 22.1 Å². The molecule has 0 fully saturated rings. The van der Waals surface area contributed by atoms with Crippen LogP contribution in [0.4, 0.5) is 0 Å². The molecule has 1 aliphatic rings. The van der Waals surface area contributed by atoms with Crippen LogP contribution in [0.15, 0.2) is 53.6 Å². The van der Waals surface area contributed by atoms with Crippen molar-refractivity contribution < 1.29 is 4.79 Å². The van der Waals surface area contributed by atoms with Crippen LogP contribution < -0.4 is 10.9 Å². The molecule has 2 N–H and O–H groups in total. The van der Waals surface area contributed by atoms with Crippen LogP contribution in [-0.4, -0.2) is 50.5 Å². The predicted molar refractivity (Wildman–Crippen MR) is 129 cm³/mol. The van der Waals surface area contributed by atoms with E-state index >= 15 is 0 Å². The van der Waals surface area contributed by atoms with E-state index in [1.165, 1.54) is 11.8 Å². The molecule has 0 saturated carbocycles. The second-order valence-corrected chi connectivity index (χ2v) is 8.55. The smallest absolute Gasteiger partial charge is 0.276 e. The third-order valence-corrected chi connectivity index (χ3v) is 6.58. The summed E-state index contributed by atoms with van der Waals surface area (Å²) in [6, 6.07) is 9.92. The Balaban J connectivity index is 1.36. The van der Waals surface area contributed by atoms with Crippen LogP contribution in [-0.2, 0) is 0 Å². The molecular formula is C24H23ClN6O2. The van der Waals surface area contributed by atoms with Crippen molar-refractivity contribution in [3.05, 3.63) is 81.0 Å². The summed E-state index contributed by atoms with van der Waals surface area (Å²) in [7, 11) is 1.60. The molecule has 8 nitrogen and oxygen atoms in total. The van der Waals surface area contributed by atoms with E-state index < -0.39 is 0 Å². The number of aromatic nitrogens is 4. The minimum absolute atomic E-state index is 0.168. The van der Waals surface area contributed by atoms with Gasteiger partial charge >= 0.3 is 0 Å². The van der Waals surface area contributed by atoms with E-state index in [9.17, 15) is 9.59 Å². The van der Waals surface area contributed by atoms with Crippen molar-refractivity contribution in [1.29, 1.82) is 0 Å². The van der Waals surface area contributed by atoms with Gasteiger partial charge in [-0.1, -0.05) is 29.8 Å². The van der Waals surface area contributed by atoms with Gasteiger partial charge in [0.1, 0.15) is 5.69 Å². The first kappa shape index (κ1) is 21.4. The summed E-state index contributed by atoms with van der Waals surface area (Å²) in [5, 5.41) is 7.17. The van der Waals surface area contributed by atoms with E-state index in [2.05, 4.69) is 44.3 Å². The number of fused-ring (bicyclic) bond motifs is 3. The number of hydrogen-bond donors (Lipinski definition) is 2. The maximum atomic E-state index is 12.5. The van der Waals surface area contributed by atoms with Gasteiger partial charge in [-0.25, -0.2) is 4.52 Å². The van der Waals surface area contributed by atoms with Gasteiger partial charge < -0.3 is 10.3 Å². The lowest BCUT2D eigenvalue weighted by molar-refractivity contribution is 0.0958. The number of rotatable bonds is 4. The lowest BCUT2D eigenvalue weighted by atomic mass is 9.98. The SMILES string of the molecule is CNC(=O)c1ccc(C2=CCN(C(C)c3ccc4c(c3)[nH]c(=O)c3c(Cl)cnn34)CC2)cn1. The Bertz CT molecular complexity index is 1450. The van der Waals surface area contributed by atoms with Crippen molar-refractivity contribution in [2.45, 2.75) is 19.4 Å². The molecular weight excluding hydrogens is 440 g/mol. The van der Waals surface area contributed by atoms with Gasteiger partial charge in [0, 0.05) is 32.4 Å². The standard InChI is InChI=1S/C24H23ClN6O2/c1-14(16-4-6-21-20(11-16)29-24(33)22-18(25)13-28-31(21)22)30-9-7-15(8-10-30)17-3-5-19(27-12-17)23(32)26-2/h3-7,11-14H,8-10H2,1-2H3,(H,26,32)(H,29,33). The quantitative estimate of drug-likeness (QED) is 0.484. The molecule has 1 atom stereocenters. The lowest BCUT2D eigenvalue weighted by Crippen LogP contribution is -2.31. The first-order valence-corrected chi connectivity index (χ1v) is 11.1. The number of carbonyl (C=O) groups is 1. The normalized spacial score (nSPS) is 15.5. The summed E-state index contributed by atoms with van der Waals surface area (Å²) in [5.41, 5.74) is 5.44. The highest BCUT2D eigenvalue weighted by molar-refractivity contribution is 6.33. The van der Waals surface area contributed by atoms with Gasteiger partial charge in [0.15, 0.2) is 5.52 Å². The molecule has 33 heavy (non-hydrogen) atoms. The number of amides is 1. The van der Waals surface area contributed by atoms with Crippen LogP contribution in [0.2, 0.25) is 5.02 Å². The Morgan fingerprint density at radius 2 is 2.09 bits per heavy atom. The fourth-order valence-electron chi connectivity index (χ4n) is 4.35. The number of pyridine rings is 1. The third kappa shape index (κ3) is 3.81. The van der Waals surface area contributed by atoms with Gasteiger partial charge in [-0.3, -0.25) is 19.5 Å². The highest BCUT2D eigenvalue weighted by Crippen LogP contribution is 2.29. The zero-order valence-electron chi connectivity index (χ0n) is 18.3. The van der Waals surface area contributed by atoms with Crippen molar-refractivity contribution >= 4 is 39.6 Å². The van der Waals surface area contributed by atoms with E-state index in [-0.39, 0.29) is 17.5 Å². The Kier molecular flexibility index (Phi) is 5.47. The number of aromatic amines is 1. The average Bonchev–Trinajstić information content (AvgIpc) is 3.25. The van der Waals surface area contributed by atoms with E-state index in [0.29, 0.717) is 16.2 Å². The second-order valence-electron chi connectivity index (χ2n) is 8.15. The third-order valence-electron chi connectivity index (χ3n) is 6.30. The molecule has 0 saturated heterocycles. The highest BCUT2D eigenvalue weighted by Gasteiger charge is 2.21. The van der Waals surface area contributed by atoms with E-state index in [4.69, 9.17) is 11.6 Å². The molecule has 4 aromatic rings. The number of hydrogen-bond acceptors (Lipinski definition) is 5. The minimum Gasteiger partial charge on any atom is -0.354 e. The van der Waals surface area contributed by atoms with Gasteiger partial charge in [-0.15, -0.1) is 0 Å². The summed E-state index contributed by atoms with van der Waals surface area (Å²) in [6.45, 7) is 3.86. The molecule has 1 amide bonds. The highest BCUT2D eigenvalue weighted by atomic mass is 35.5. The molecule has 0 spiro atoms. The molecule has 3 aromatic heterocycles. The number of nitrogens with one attached hydrogen (secondary N) is 2. The summed E-state index contributed by atoms with van der Waals surface area (Å²) in [6.07, 6.45) is 6.36. The van der Waals surface area contributed by atoms with E-state index in [1.807, 2.05) is 18.2 Å². The Morgan fingerprint density at radius 3 is 2.79 bits per heavy atom. The number of nitrogens with zero attached hydrogens (tertiary/aromatic N) is 4. The Labute approximate surface area is 194 Å². The van der Waals surface area contributed by atoms with Gasteiger partial charge in [0.25, 0.3) is 11.5 Å². The van der Waals surface area contributed by atoms with Crippen LogP contribution in [0.5, 0.6) is 0 Å². The molecule has 4 heterocycles. The van der Waals surface area contributed by atoms with Crippen molar-refractivity contribution in [3.63, 3.8) is 0 Å². The Hall–Kier alpha value is -3.49. The molecule has 0 bridgehead atoms. The maximum absolute atomic E-state index is 12.5. The molecule has 168 valence electrons. The molecule has 0 aliphatic carbocycles. The van der Waals surface area contributed by atoms with Gasteiger partial charge in [0.05, 0.1) is 22.3 Å². The van der Waals surface area contributed by atoms with Crippen molar-refractivity contribution in [2.75, 3.05) is 20.1 Å². The summed E-state index contributed by atoms with van der Waals surface area (Å²) in [4.78, 5) is 33.8. The van der Waals surface area contributed by atoms with Crippen LogP contribution in [0.1, 0.15) is 41.0 Å². The molecule has 1 aliphatic heterocycles. The maximum Gasteiger partial charge on any atom is 0.276 e. The fourth-order valence-corrected chi connectivity index (χ4v) is 4.56. The molecule has 5 rings (SSSR count). The van der Waals surface area contributed by atoms with E-state index in [0.717, 1.165) is 41.7 Å². The second kappa shape index (κ2) is 8.46. The zero-order valence-corrected chi connectivity index (χ0v) is 19.1. The summed E-state index contributed by atoms with van der Waals surface area (Å²) in [5.74, 6) is -0.188. The topological polar surface area (TPSA) is 95.4 Å². The first-order valence-electron chi connectivity index (χ1n) is 10.8. The van der Waals surface area contributed by atoms with Gasteiger partial charge in [0.2, 0.25) is 0 Å². The minimum atomic E-state index is -0.253. The van der Waals surface area contributed by atoms with Gasteiger partial charge in [-0.2, -0.15) is 5.10 Å². The first-order chi connectivity index (χ1) is 16.0. The fraction of sp³-hybridized carbons (Fsp3) is 0.250. The van der Waals surface area contributed by atoms with Crippen LogP contribution in [0, 0.1) is 0 Å². The zero-order chi connectivity index (χ0) is 23.1. The van der Waals surface area contributed by atoms with Gasteiger partial charge in [-0.05, 0) is 48.2 Å². The number of H-pyrrole nitrogens is 1. The average molecular weight is 463 g/mol. The monoisotopic (exact) mass is 462 g/mol. The molecule has 1 aromatic carbocycles. The Morgan fingerprint density at radius 1 is 1.24 bits per heavy atom. The van der Waals surface area contributed by atoms with Crippen LogP contribution in [0.3, 0.4) is 0 Å². The van der Waals surface area contributed by atoms with Crippen LogP contribution >= 0.6 is 11.6 Å². The largest absolute Gasteiger partial charge is 0.354 e. The summed E-state index contributed by atoms with van der Waals surface area (Å²) >= 11 is 6.11. The molecule has 9 heteroatoms. The van der Waals surface area contributed by atoms with E-state index in [1.54, 1.807) is 23.8 Å². The summed E-state index contributed by atoms with van der Waals surface area (Å²) < 4.78 is 1.59. The predicted octanol–water partition coefficient (Wildman–Crippen LogP) is 3.43. The molecule has 0 radical (unpaired) electrons. The number of halogens is 1. The number of benzene rings is 1.